The van der Waals surface area contributed by atoms with Crippen LogP contribution in [0, 0.1) is 0 Å². The summed E-state index contributed by atoms with van der Waals surface area (Å²) in [7, 11) is 4.13. The lowest BCUT2D eigenvalue weighted by molar-refractivity contribution is -0.137. The van der Waals surface area contributed by atoms with Crippen LogP contribution >= 0.6 is 0 Å². The second kappa shape index (κ2) is 7.85. The number of hydrogen-bond donors (Lipinski definition) is 2. The molecule has 1 amide bonds. The Hall–Kier alpha value is -3.10. The number of ether oxygens (including phenoxy) is 3. The molecule has 2 aromatic carbocycles. The molecular weight excluding hydrogens is 353 g/mol. The monoisotopic (exact) mass is 370 g/mol. The fourth-order valence-corrected chi connectivity index (χ4v) is 2.31. The fourth-order valence-electron chi connectivity index (χ4n) is 2.31. The normalized spacial score (nSPS) is 10.8. The quantitative estimate of drug-likeness (QED) is 0.762. The van der Waals surface area contributed by atoms with E-state index in [1.54, 1.807) is 0 Å². The molecule has 2 N–H and O–H groups in total. The standard InChI is InChI=1S/C17H17F3N2O4/c1-24-13-9-8-10(14(25-2)15(13)26-3)16(23)22-21-12-7-5-4-6-11(12)17(18,19)20/h4-9,21H,1-3H3,(H,22,23). The van der Waals surface area contributed by atoms with Gasteiger partial charge in [-0.3, -0.25) is 15.6 Å². The molecule has 2 rings (SSSR count). The first kappa shape index (κ1) is 19.2. The Morgan fingerprint density at radius 1 is 0.923 bits per heavy atom. The highest BCUT2D eigenvalue weighted by Gasteiger charge is 2.33. The lowest BCUT2D eigenvalue weighted by Crippen LogP contribution is -2.31. The largest absolute Gasteiger partial charge is 0.493 e. The SMILES string of the molecule is COc1ccc(C(=O)NNc2ccccc2C(F)(F)F)c(OC)c1OC. The number of methoxy groups -OCH3 is 3. The van der Waals surface area contributed by atoms with Gasteiger partial charge in [-0.25, -0.2) is 0 Å². The summed E-state index contributed by atoms with van der Waals surface area (Å²) < 4.78 is 54.5. The van der Waals surface area contributed by atoms with E-state index in [1.165, 1.54) is 51.7 Å². The number of anilines is 1. The zero-order valence-corrected chi connectivity index (χ0v) is 14.2. The number of rotatable bonds is 6. The molecule has 0 saturated heterocycles. The van der Waals surface area contributed by atoms with Gasteiger partial charge in [0, 0.05) is 0 Å². The summed E-state index contributed by atoms with van der Waals surface area (Å²) in [5.74, 6) is -0.0790. The predicted octanol–water partition coefficient (Wildman–Crippen LogP) is 3.49. The Morgan fingerprint density at radius 2 is 1.58 bits per heavy atom. The molecule has 140 valence electrons. The van der Waals surface area contributed by atoms with E-state index in [4.69, 9.17) is 14.2 Å². The summed E-state index contributed by atoms with van der Waals surface area (Å²) >= 11 is 0. The second-order valence-electron chi connectivity index (χ2n) is 5.00. The highest BCUT2D eigenvalue weighted by atomic mass is 19.4. The molecule has 0 atom stereocenters. The number of hydrazine groups is 1. The Labute approximate surface area is 147 Å². The van der Waals surface area contributed by atoms with E-state index >= 15 is 0 Å². The molecule has 9 heteroatoms. The molecule has 0 fully saturated rings. The van der Waals surface area contributed by atoms with E-state index in [9.17, 15) is 18.0 Å². The minimum Gasteiger partial charge on any atom is -0.493 e. The first-order chi connectivity index (χ1) is 12.3. The average molecular weight is 370 g/mol. The molecule has 0 aromatic heterocycles. The van der Waals surface area contributed by atoms with Crippen molar-refractivity contribution >= 4 is 11.6 Å². The molecule has 0 aliphatic rings. The summed E-state index contributed by atoms with van der Waals surface area (Å²) in [6.45, 7) is 0. The smallest absolute Gasteiger partial charge is 0.418 e. The van der Waals surface area contributed by atoms with E-state index in [1.807, 2.05) is 0 Å². The molecule has 0 aliphatic heterocycles. The highest BCUT2D eigenvalue weighted by molar-refractivity contribution is 5.99. The van der Waals surface area contributed by atoms with Crippen molar-refractivity contribution in [3.05, 3.63) is 47.5 Å². The van der Waals surface area contributed by atoms with Crippen LogP contribution in [0.3, 0.4) is 0 Å². The minimum absolute atomic E-state index is 0.0575. The molecule has 0 unspecified atom stereocenters. The Morgan fingerprint density at radius 3 is 2.15 bits per heavy atom. The number of alkyl halides is 3. The first-order valence-corrected chi connectivity index (χ1v) is 7.35. The van der Waals surface area contributed by atoms with Crippen LogP contribution in [-0.4, -0.2) is 27.2 Å². The third-order valence-electron chi connectivity index (χ3n) is 3.49. The number of para-hydroxylation sites is 1. The first-order valence-electron chi connectivity index (χ1n) is 7.35. The van der Waals surface area contributed by atoms with Crippen molar-refractivity contribution in [1.29, 1.82) is 0 Å². The van der Waals surface area contributed by atoms with E-state index in [0.717, 1.165) is 6.07 Å². The third kappa shape index (κ3) is 3.93. The number of nitrogens with one attached hydrogen (secondary N) is 2. The molecule has 6 nitrogen and oxygen atoms in total. The van der Waals surface area contributed by atoms with E-state index < -0.39 is 17.6 Å². The van der Waals surface area contributed by atoms with Crippen LogP contribution in [0.25, 0.3) is 0 Å². The summed E-state index contributed by atoms with van der Waals surface area (Å²) in [6.07, 6.45) is -4.56. The van der Waals surface area contributed by atoms with Gasteiger partial charge in [-0.05, 0) is 24.3 Å². The number of carbonyl (C=O) groups excluding carboxylic acids is 1. The Kier molecular flexibility index (Phi) is 5.81. The lowest BCUT2D eigenvalue weighted by atomic mass is 10.1. The van der Waals surface area contributed by atoms with Gasteiger partial charge in [-0.2, -0.15) is 13.2 Å². The fraction of sp³-hybridized carbons (Fsp3) is 0.235. The maximum Gasteiger partial charge on any atom is 0.418 e. The van der Waals surface area contributed by atoms with Gasteiger partial charge < -0.3 is 14.2 Å². The van der Waals surface area contributed by atoms with E-state index in [0.29, 0.717) is 5.75 Å². The van der Waals surface area contributed by atoms with E-state index in [-0.39, 0.29) is 22.7 Å². The molecule has 0 spiro atoms. The van der Waals surface area contributed by atoms with Crippen LogP contribution in [-0.2, 0) is 6.18 Å². The van der Waals surface area contributed by atoms with Crippen LogP contribution in [0.15, 0.2) is 36.4 Å². The minimum atomic E-state index is -4.56. The molecule has 0 aliphatic carbocycles. The van der Waals surface area contributed by atoms with Crippen LogP contribution in [0.1, 0.15) is 15.9 Å². The number of hydrogen-bond acceptors (Lipinski definition) is 5. The average Bonchev–Trinajstić information content (AvgIpc) is 2.64. The van der Waals surface area contributed by atoms with Crippen molar-refractivity contribution in [2.45, 2.75) is 6.18 Å². The van der Waals surface area contributed by atoms with Gasteiger partial charge in [0.05, 0.1) is 38.1 Å². The number of halogens is 3. The van der Waals surface area contributed by atoms with Gasteiger partial charge in [0.2, 0.25) is 5.75 Å². The third-order valence-corrected chi connectivity index (χ3v) is 3.49. The van der Waals surface area contributed by atoms with Crippen molar-refractivity contribution in [3.8, 4) is 17.2 Å². The van der Waals surface area contributed by atoms with E-state index in [2.05, 4.69) is 10.9 Å². The van der Waals surface area contributed by atoms with Crippen LogP contribution in [0.4, 0.5) is 18.9 Å². The van der Waals surface area contributed by atoms with Gasteiger partial charge in [0.25, 0.3) is 5.91 Å². The van der Waals surface area contributed by atoms with Crippen LogP contribution in [0.2, 0.25) is 0 Å². The van der Waals surface area contributed by atoms with Crippen molar-refractivity contribution < 1.29 is 32.2 Å². The number of amides is 1. The molecule has 0 radical (unpaired) electrons. The van der Waals surface area contributed by atoms with Crippen molar-refractivity contribution in [1.82, 2.24) is 5.43 Å². The topological polar surface area (TPSA) is 68.8 Å². The Balaban J connectivity index is 2.27. The summed E-state index contributed by atoms with van der Waals surface area (Å²) in [5, 5.41) is 0. The maximum atomic E-state index is 13.0. The maximum absolute atomic E-state index is 13.0. The molecule has 0 heterocycles. The van der Waals surface area contributed by atoms with Gasteiger partial charge in [-0.1, -0.05) is 12.1 Å². The zero-order valence-electron chi connectivity index (χ0n) is 14.2. The summed E-state index contributed by atoms with van der Waals surface area (Å²) in [4.78, 5) is 12.4. The van der Waals surface area contributed by atoms with Gasteiger partial charge >= 0.3 is 6.18 Å². The van der Waals surface area contributed by atoms with Gasteiger partial charge in [0.15, 0.2) is 11.5 Å². The molecule has 0 bridgehead atoms. The zero-order chi connectivity index (χ0) is 19.3. The second-order valence-corrected chi connectivity index (χ2v) is 5.00. The summed E-state index contributed by atoms with van der Waals surface area (Å²) in [5.41, 5.74) is 3.38. The summed E-state index contributed by atoms with van der Waals surface area (Å²) in [6, 6.07) is 7.68. The van der Waals surface area contributed by atoms with Crippen molar-refractivity contribution in [2.75, 3.05) is 26.8 Å². The van der Waals surface area contributed by atoms with Crippen LogP contribution < -0.4 is 25.1 Å². The van der Waals surface area contributed by atoms with Gasteiger partial charge in [-0.15, -0.1) is 0 Å². The molecule has 0 saturated carbocycles. The molecule has 2 aromatic rings. The highest BCUT2D eigenvalue weighted by Crippen LogP contribution is 2.39. The Bertz CT molecular complexity index is 794. The van der Waals surface area contributed by atoms with Crippen molar-refractivity contribution in [3.63, 3.8) is 0 Å². The van der Waals surface area contributed by atoms with Gasteiger partial charge in [0.1, 0.15) is 0 Å². The predicted molar refractivity (Wildman–Crippen MR) is 88.6 cm³/mol. The van der Waals surface area contributed by atoms with Crippen molar-refractivity contribution in [2.24, 2.45) is 0 Å². The number of benzene rings is 2. The number of carbonyl (C=O) groups is 1. The van der Waals surface area contributed by atoms with Crippen LogP contribution in [0.5, 0.6) is 17.2 Å². The molecule has 26 heavy (non-hydrogen) atoms. The molecular formula is C17H17F3N2O4. The lowest BCUT2D eigenvalue weighted by Gasteiger charge is -2.17.